The van der Waals surface area contributed by atoms with Crippen molar-refractivity contribution in [1.29, 1.82) is 5.26 Å². The van der Waals surface area contributed by atoms with E-state index in [1.807, 2.05) is 11.0 Å². The average molecular weight is 468 g/mol. The summed E-state index contributed by atoms with van der Waals surface area (Å²) in [5.41, 5.74) is -1.14. The quantitative estimate of drug-likeness (QED) is 0.641. The molecule has 176 valence electrons. The molecule has 0 spiro atoms. The molecule has 2 aliphatic rings. The van der Waals surface area contributed by atoms with Crippen molar-refractivity contribution in [1.82, 2.24) is 14.8 Å². The van der Waals surface area contributed by atoms with Crippen LogP contribution in [-0.2, 0) is 11.0 Å². The predicted octanol–water partition coefficient (Wildman–Crippen LogP) is 3.70. The van der Waals surface area contributed by atoms with Crippen molar-refractivity contribution in [3.63, 3.8) is 0 Å². The summed E-state index contributed by atoms with van der Waals surface area (Å²) in [7, 11) is 0. The number of rotatable bonds is 4. The molecule has 0 radical (unpaired) electrons. The molecule has 1 amide bonds. The molecule has 3 heterocycles. The summed E-state index contributed by atoms with van der Waals surface area (Å²) in [6.45, 7) is 0.803. The van der Waals surface area contributed by atoms with E-state index in [1.54, 1.807) is 0 Å². The van der Waals surface area contributed by atoms with E-state index in [-0.39, 0.29) is 42.1 Å². The van der Waals surface area contributed by atoms with E-state index in [9.17, 15) is 26.7 Å². The van der Waals surface area contributed by atoms with E-state index in [1.165, 1.54) is 11.0 Å². The Bertz CT molecular complexity index is 1080. The summed E-state index contributed by atoms with van der Waals surface area (Å²) in [4.78, 5) is 19.2. The van der Waals surface area contributed by atoms with Crippen LogP contribution in [0.25, 0.3) is 10.9 Å². The number of carbonyl (C=O) groups excluding carboxylic acids is 1. The number of piperidine rings is 1. The molecular formula is C22H21F5N4O2. The fourth-order valence-corrected chi connectivity index (χ4v) is 4.24. The Labute approximate surface area is 186 Å². The summed E-state index contributed by atoms with van der Waals surface area (Å²) in [5.74, 6) is -1.04. The second-order valence-electron chi connectivity index (χ2n) is 8.28. The van der Waals surface area contributed by atoms with Gasteiger partial charge in [0.15, 0.2) is 0 Å². The van der Waals surface area contributed by atoms with Gasteiger partial charge in [-0.3, -0.25) is 9.69 Å². The van der Waals surface area contributed by atoms with Crippen molar-refractivity contribution < 1.29 is 31.5 Å². The first-order chi connectivity index (χ1) is 15.6. The van der Waals surface area contributed by atoms with Gasteiger partial charge in [-0.15, -0.1) is 0 Å². The smallest absolute Gasteiger partial charge is 0.433 e. The van der Waals surface area contributed by atoms with Gasteiger partial charge in [0.05, 0.1) is 24.7 Å². The van der Waals surface area contributed by atoms with Crippen LogP contribution in [0.3, 0.4) is 0 Å². The van der Waals surface area contributed by atoms with Crippen molar-refractivity contribution in [2.24, 2.45) is 0 Å². The highest BCUT2D eigenvalue weighted by atomic mass is 19.4. The summed E-state index contributed by atoms with van der Waals surface area (Å²) < 4.78 is 72.9. The maximum absolute atomic E-state index is 13.7. The lowest BCUT2D eigenvalue weighted by atomic mass is 10.1. The number of nitriles is 1. The van der Waals surface area contributed by atoms with Gasteiger partial charge in [0, 0.05) is 31.0 Å². The SMILES string of the molecule is N#C[C@@H]1C[C@H](F)CN1C(=O)CN1CCC(Oc2cc(C(F)(F)F)nc3ccc(F)cc23)CC1. The summed E-state index contributed by atoms with van der Waals surface area (Å²) in [6, 6.07) is 5.26. The minimum atomic E-state index is -4.68. The largest absolute Gasteiger partial charge is 0.490 e. The summed E-state index contributed by atoms with van der Waals surface area (Å²) >= 11 is 0. The maximum Gasteiger partial charge on any atom is 0.433 e. The number of alkyl halides is 4. The van der Waals surface area contributed by atoms with E-state index >= 15 is 0 Å². The van der Waals surface area contributed by atoms with Gasteiger partial charge in [0.2, 0.25) is 5.91 Å². The minimum Gasteiger partial charge on any atom is -0.490 e. The lowest BCUT2D eigenvalue weighted by Crippen LogP contribution is -2.46. The first kappa shape index (κ1) is 23.2. The molecule has 2 atom stereocenters. The van der Waals surface area contributed by atoms with Gasteiger partial charge in [-0.1, -0.05) is 0 Å². The third kappa shape index (κ3) is 5.16. The van der Waals surface area contributed by atoms with Crippen LogP contribution in [0.1, 0.15) is 25.0 Å². The van der Waals surface area contributed by atoms with Crippen LogP contribution in [-0.4, -0.2) is 65.2 Å². The highest BCUT2D eigenvalue weighted by Crippen LogP contribution is 2.35. The van der Waals surface area contributed by atoms with Gasteiger partial charge >= 0.3 is 6.18 Å². The van der Waals surface area contributed by atoms with Crippen LogP contribution in [0, 0.1) is 17.1 Å². The van der Waals surface area contributed by atoms with Gasteiger partial charge in [-0.25, -0.2) is 13.8 Å². The van der Waals surface area contributed by atoms with Crippen LogP contribution >= 0.6 is 0 Å². The Hall–Kier alpha value is -3.00. The number of benzene rings is 1. The number of aromatic nitrogens is 1. The number of nitrogens with zero attached hydrogens (tertiary/aromatic N) is 4. The molecule has 4 rings (SSSR count). The second-order valence-corrected chi connectivity index (χ2v) is 8.28. The lowest BCUT2D eigenvalue weighted by Gasteiger charge is -2.33. The molecule has 11 heteroatoms. The molecule has 0 N–H and O–H groups in total. The fourth-order valence-electron chi connectivity index (χ4n) is 4.24. The zero-order valence-corrected chi connectivity index (χ0v) is 17.5. The third-order valence-corrected chi connectivity index (χ3v) is 5.93. The molecule has 2 aliphatic heterocycles. The molecular weight excluding hydrogens is 447 g/mol. The van der Waals surface area contributed by atoms with Crippen LogP contribution in [0.2, 0.25) is 0 Å². The van der Waals surface area contributed by atoms with E-state index in [4.69, 9.17) is 10.00 Å². The highest BCUT2D eigenvalue weighted by molar-refractivity contribution is 5.85. The molecule has 2 saturated heterocycles. The third-order valence-electron chi connectivity index (χ3n) is 5.93. The van der Waals surface area contributed by atoms with Crippen molar-refractivity contribution in [2.75, 3.05) is 26.2 Å². The zero-order valence-electron chi connectivity index (χ0n) is 17.5. The first-order valence-electron chi connectivity index (χ1n) is 10.5. The number of amides is 1. The topological polar surface area (TPSA) is 69.5 Å². The second kappa shape index (κ2) is 9.09. The van der Waals surface area contributed by atoms with E-state index < -0.39 is 36.0 Å². The van der Waals surface area contributed by atoms with Crippen LogP contribution in [0.5, 0.6) is 5.75 Å². The van der Waals surface area contributed by atoms with Gasteiger partial charge in [0.1, 0.15) is 35.6 Å². The molecule has 0 saturated carbocycles. The minimum absolute atomic E-state index is 0.0125. The van der Waals surface area contributed by atoms with Crippen molar-refractivity contribution in [3.8, 4) is 11.8 Å². The lowest BCUT2D eigenvalue weighted by molar-refractivity contribution is -0.141. The summed E-state index contributed by atoms with van der Waals surface area (Å²) in [6.07, 6.45) is -5.44. The molecule has 0 unspecified atom stereocenters. The number of fused-ring (bicyclic) bond motifs is 1. The number of likely N-dealkylation sites (tertiary alicyclic amines) is 2. The monoisotopic (exact) mass is 468 g/mol. The van der Waals surface area contributed by atoms with E-state index in [0.717, 1.165) is 18.2 Å². The molecule has 1 aromatic heterocycles. The fraction of sp³-hybridized carbons (Fsp3) is 0.500. The van der Waals surface area contributed by atoms with Crippen LogP contribution in [0.15, 0.2) is 24.3 Å². The number of halogens is 5. The molecule has 0 bridgehead atoms. The first-order valence-corrected chi connectivity index (χ1v) is 10.5. The number of ether oxygens (including phenoxy) is 1. The van der Waals surface area contributed by atoms with Crippen LogP contribution < -0.4 is 4.74 Å². The zero-order chi connectivity index (χ0) is 23.8. The predicted molar refractivity (Wildman–Crippen MR) is 107 cm³/mol. The Morgan fingerprint density at radius 2 is 1.97 bits per heavy atom. The van der Waals surface area contributed by atoms with Gasteiger partial charge in [-0.2, -0.15) is 18.4 Å². The highest BCUT2D eigenvalue weighted by Gasteiger charge is 2.37. The van der Waals surface area contributed by atoms with Gasteiger partial charge in [0.25, 0.3) is 0 Å². The number of hydrogen-bond donors (Lipinski definition) is 0. The Morgan fingerprint density at radius 1 is 1.24 bits per heavy atom. The number of carbonyl (C=O) groups is 1. The van der Waals surface area contributed by atoms with Crippen molar-refractivity contribution in [3.05, 3.63) is 35.8 Å². The van der Waals surface area contributed by atoms with Gasteiger partial charge in [-0.05, 0) is 31.0 Å². The molecule has 6 nitrogen and oxygen atoms in total. The van der Waals surface area contributed by atoms with E-state index in [2.05, 4.69) is 4.98 Å². The maximum atomic E-state index is 13.7. The molecule has 0 aliphatic carbocycles. The standard InChI is InChI=1S/C22H21F5N4O2/c23-13-1-2-18-17(8-13)19(9-20(29-18)22(25,26)27)33-16-3-5-30(6-4-16)12-21(32)31-11-14(24)7-15(31)10-28/h1-2,8-9,14-16H,3-7,11-12H2/t14-,15-/m0/s1. The normalized spacial score (nSPS) is 22.5. The molecule has 33 heavy (non-hydrogen) atoms. The molecule has 2 fully saturated rings. The van der Waals surface area contributed by atoms with E-state index in [0.29, 0.717) is 25.9 Å². The number of hydrogen-bond acceptors (Lipinski definition) is 5. The molecule has 1 aromatic carbocycles. The average Bonchev–Trinajstić information content (AvgIpc) is 3.15. The Balaban J connectivity index is 1.41. The number of pyridine rings is 1. The Morgan fingerprint density at radius 3 is 2.64 bits per heavy atom. The Kier molecular flexibility index (Phi) is 6.38. The van der Waals surface area contributed by atoms with Crippen molar-refractivity contribution >= 4 is 16.8 Å². The summed E-state index contributed by atoms with van der Waals surface area (Å²) in [5, 5.41) is 9.26. The van der Waals surface area contributed by atoms with Crippen LogP contribution in [0.4, 0.5) is 22.0 Å². The molecule has 2 aromatic rings. The van der Waals surface area contributed by atoms with Crippen molar-refractivity contribution in [2.45, 2.75) is 43.8 Å². The van der Waals surface area contributed by atoms with Gasteiger partial charge < -0.3 is 9.64 Å².